The van der Waals surface area contributed by atoms with Crippen LogP contribution in [0.3, 0.4) is 0 Å². The molecule has 1 aromatic carbocycles. The minimum absolute atomic E-state index is 0.000985. The number of rotatable bonds is 0. The second kappa shape index (κ2) is 4.48. The molecule has 4 nitrogen and oxygen atoms in total. The highest BCUT2D eigenvalue weighted by Crippen LogP contribution is 2.52. The molecule has 1 spiro atoms. The molecule has 8 heteroatoms. The van der Waals surface area contributed by atoms with Gasteiger partial charge in [0.15, 0.2) is 0 Å². The van der Waals surface area contributed by atoms with Crippen LogP contribution in [0.1, 0.15) is 0 Å². The molecule has 0 bridgehead atoms. The molecule has 1 saturated heterocycles. The van der Waals surface area contributed by atoms with Gasteiger partial charge in [-0.3, -0.25) is 4.57 Å². The van der Waals surface area contributed by atoms with Gasteiger partial charge in [-0.15, -0.1) is 11.8 Å². The number of alkyl halides is 3. The lowest BCUT2D eigenvalue weighted by molar-refractivity contribution is -0.207. The largest absolute Gasteiger partial charge is 0.401 e. The van der Waals surface area contributed by atoms with Crippen molar-refractivity contribution < 1.29 is 17.9 Å². The number of benzene rings is 1. The van der Waals surface area contributed by atoms with E-state index < -0.39 is 22.5 Å². The predicted molar refractivity (Wildman–Crippen MR) is 75.0 cm³/mol. The molecule has 0 N–H and O–H groups in total. The Balaban J connectivity index is 1.99. The van der Waals surface area contributed by atoms with Gasteiger partial charge in [0, 0.05) is 23.0 Å². The molecule has 0 amide bonds. The Morgan fingerprint density at radius 1 is 1.36 bits per heavy atom. The fourth-order valence-corrected chi connectivity index (χ4v) is 4.48. The van der Waals surface area contributed by atoms with Gasteiger partial charge in [-0.25, -0.2) is 9.78 Å². The molecule has 2 aliphatic heterocycles. The van der Waals surface area contributed by atoms with Crippen LogP contribution in [0.25, 0.3) is 10.9 Å². The monoisotopic (exact) mass is 328 g/mol. The smallest absolute Gasteiger partial charge is 0.380 e. The molecule has 0 saturated carbocycles. The summed E-state index contributed by atoms with van der Waals surface area (Å²) in [5.74, 6) is 0. The van der Waals surface area contributed by atoms with E-state index in [9.17, 15) is 18.0 Å². The average molecular weight is 328 g/mol. The van der Waals surface area contributed by atoms with Crippen LogP contribution in [0.5, 0.6) is 0 Å². The number of hydrogen-bond acceptors (Lipinski definition) is 4. The first-order valence-corrected chi connectivity index (χ1v) is 7.58. The van der Waals surface area contributed by atoms with E-state index >= 15 is 0 Å². The zero-order valence-electron chi connectivity index (χ0n) is 11.3. The Morgan fingerprint density at radius 2 is 2.14 bits per heavy atom. The van der Waals surface area contributed by atoms with E-state index in [1.165, 1.54) is 10.8 Å². The van der Waals surface area contributed by atoms with Crippen LogP contribution in [0.15, 0.2) is 34.1 Å². The summed E-state index contributed by atoms with van der Waals surface area (Å²) >= 11 is 0.776. The van der Waals surface area contributed by atoms with Crippen molar-refractivity contribution in [1.82, 2.24) is 9.55 Å². The maximum absolute atomic E-state index is 13.6. The summed E-state index contributed by atoms with van der Waals surface area (Å²) in [6.45, 7) is -0.0215. The molecule has 3 heterocycles. The molecule has 4 rings (SSSR count). The highest BCUT2D eigenvalue weighted by atomic mass is 32.2. The Labute approximate surface area is 127 Å². The van der Waals surface area contributed by atoms with Gasteiger partial charge in [-0.2, -0.15) is 13.2 Å². The van der Waals surface area contributed by atoms with Crippen LogP contribution < -0.4 is 5.69 Å². The molecule has 1 atom stereocenters. The van der Waals surface area contributed by atoms with Gasteiger partial charge in [0.05, 0.1) is 24.1 Å². The highest BCUT2D eigenvalue weighted by Gasteiger charge is 2.59. The molecule has 116 valence electrons. The van der Waals surface area contributed by atoms with Crippen molar-refractivity contribution in [2.75, 3.05) is 13.2 Å². The van der Waals surface area contributed by atoms with Gasteiger partial charge < -0.3 is 4.74 Å². The van der Waals surface area contributed by atoms with Crippen LogP contribution in [-0.4, -0.2) is 34.2 Å². The number of thioether (sulfide) groups is 1. The van der Waals surface area contributed by atoms with Crippen molar-refractivity contribution in [2.24, 2.45) is 5.41 Å². The Hall–Kier alpha value is -1.54. The first-order valence-electron chi connectivity index (χ1n) is 6.70. The first-order chi connectivity index (χ1) is 10.4. The van der Waals surface area contributed by atoms with E-state index in [2.05, 4.69) is 4.98 Å². The summed E-state index contributed by atoms with van der Waals surface area (Å²) in [7, 11) is 0. The second-order valence-electron chi connectivity index (χ2n) is 5.72. The van der Waals surface area contributed by atoms with E-state index in [0.717, 1.165) is 11.8 Å². The molecule has 1 fully saturated rings. The van der Waals surface area contributed by atoms with E-state index in [1.807, 2.05) is 0 Å². The van der Waals surface area contributed by atoms with Crippen molar-refractivity contribution in [1.29, 1.82) is 0 Å². The minimum Gasteiger partial charge on any atom is -0.380 e. The summed E-state index contributed by atoms with van der Waals surface area (Å²) in [4.78, 5) is 16.4. The van der Waals surface area contributed by atoms with Crippen LogP contribution in [0, 0.1) is 5.41 Å². The van der Waals surface area contributed by atoms with Crippen molar-refractivity contribution in [2.45, 2.75) is 22.9 Å². The fourth-order valence-electron chi connectivity index (χ4n) is 3.13. The maximum Gasteiger partial charge on any atom is 0.401 e. The zero-order chi connectivity index (χ0) is 15.5. The molecule has 22 heavy (non-hydrogen) atoms. The average Bonchev–Trinajstić information content (AvgIpc) is 2.58. The number of nitrogens with zero attached hydrogens (tertiary/aromatic N) is 2. The van der Waals surface area contributed by atoms with Crippen molar-refractivity contribution >= 4 is 22.7 Å². The summed E-state index contributed by atoms with van der Waals surface area (Å²) in [6.07, 6.45) is -2.95. The number of aromatic nitrogens is 2. The number of para-hydroxylation sites is 1. The van der Waals surface area contributed by atoms with Crippen LogP contribution in [-0.2, 0) is 11.3 Å². The van der Waals surface area contributed by atoms with Crippen LogP contribution in [0.4, 0.5) is 13.2 Å². The van der Waals surface area contributed by atoms with Gasteiger partial charge >= 0.3 is 11.9 Å². The van der Waals surface area contributed by atoms with E-state index in [-0.39, 0.29) is 19.8 Å². The summed E-state index contributed by atoms with van der Waals surface area (Å²) in [5, 5.41) is -0.929. The van der Waals surface area contributed by atoms with Gasteiger partial charge in [0.25, 0.3) is 0 Å². The van der Waals surface area contributed by atoms with Gasteiger partial charge in [-0.05, 0) is 6.07 Å². The quantitative estimate of drug-likeness (QED) is 0.745. The summed E-state index contributed by atoms with van der Waals surface area (Å²) in [6, 6.07) is 5.06. The molecule has 0 aliphatic carbocycles. The van der Waals surface area contributed by atoms with E-state index in [4.69, 9.17) is 4.74 Å². The standard InChI is InChI=1S/C14H11F3N2O2S/c15-14(16,17)11-13(6-21-7-13)5-19-10-8(4-18-12(19)20)2-1-3-9(10)22-11/h1-4,11H,5-7H2. The SMILES string of the molecule is O=c1ncc2cccc3c2n1CC1(COC1)C(C(F)(F)F)S3. The molecular formula is C14H11F3N2O2S. The van der Waals surface area contributed by atoms with Gasteiger partial charge in [0.1, 0.15) is 5.25 Å². The lowest BCUT2D eigenvalue weighted by atomic mass is 9.81. The Bertz CT molecular complexity index is 814. The Kier molecular flexibility index (Phi) is 2.87. The molecule has 0 radical (unpaired) electrons. The normalized spacial score (nSPS) is 23.3. The summed E-state index contributed by atoms with van der Waals surface area (Å²) < 4.78 is 47.1. The molecular weight excluding hydrogens is 317 g/mol. The van der Waals surface area contributed by atoms with E-state index in [0.29, 0.717) is 15.8 Å². The lowest BCUT2D eigenvalue weighted by Gasteiger charge is -2.46. The maximum atomic E-state index is 13.6. The predicted octanol–water partition coefficient (Wildman–Crippen LogP) is 2.45. The van der Waals surface area contributed by atoms with E-state index in [1.54, 1.807) is 18.2 Å². The van der Waals surface area contributed by atoms with Crippen LogP contribution in [0.2, 0.25) is 0 Å². The zero-order valence-corrected chi connectivity index (χ0v) is 12.1. The van der Waals surface area contributed by atoms with Gasteiger partial charge in [-0.1, -0.05) is 12.1 Å². The topological polar surface area (TPSA) is 44.1 Å². The molecule has 1 unspecified atom stereocenters. The Morgan fingerprint density at radius 3 is 2.77 bits per heavy atom. The summed E-state index contributed by atoms with van der Waals surface area (Å²) in [5.41, 5.74) is -1.10. The molecule has 1 aromatic heterocycles. The third kappa shape index (κ3) is 1.90. The fraction of sp³-hybridized carbons (Fsp3) is 0.429. The first kappa shape index (κ1) is 14.1. The molecule has 2 aliphatic rings. The highest BCUT2D eigenvalue weighted by molar-refractivity contribution is 8.00. The second-order valence-corrected chi connectivity index (χ2v) is 6.86. The number of halogens is 3. The number of ether oxygens (including phenoxy) is 1. The van der Waals surface area contributed by atoms with Crippen molar-refractivity contribution in [3.05, 3.63) is 34.9 Å². The van der Waals surface area contributed by atoms with Crippen molar-refractivity contribution in [3.8, 4) is 0 Å². The molecule has 2 aromatic rings. The van der Waals surface area contributed by atoms with Gasteiger partial charge in [0.2, 0.25) is 0 Å². The lowest BCUT2D eigenvalue weighted by Crippen LogP contribution is -2.57. The third-order valence-corrected chi connectivity index (χ3v) is 5.78. The number of hydrogen-bond donors (Lipinski definition) is 0. The third-order valence-electron chi connectivity index (χ3n) is 4.20. The van der Waals surface area contributed by atoms with Crippen LogP contribution >= 0.6 is 11.8 Å². The minimum atomic E-state index is -4.37. The van der Waals surface area contributed by atoms with Crippen molar-refractivity contribution in [3.63, 3.8) is 0 Å².